The van der Waals surface area contributed by atoms with E-state index in [2.05, 4.69) is 15.6 Å². The Morgan fingerprint density at radius 3 is 2.48 bits per heavy atom. The minimum Gasteiger partial charge on any atom is -0.386 e. The van der Waals surface area contributed by atoms with Crippen LogP contribution in [0.2, 0.25) is 5.02 Å². The topological polar surface area (TPSA) is 59.9 Å². The van der Waals surface area contributed by atoms with Gasteiger partial charge in [0.2, 0.25) is 0 Å². The van der Waals surface area contributed by atoms with Gasteiger partial charge in [0.1, 0.15) is 0 Å². The van der Waals surface area contributed by atoms with Crippen LogP contribution in [0.25, 0.3) is 0 Å². The van der Waals surface area contributed by atoms with Crippen molar-refractivity contribution in [1.29, 1.82) is 0 Å². The number of piperidine rings is 1. The van der Waals surface area contributed by atoms with E-state index in [-0.39, 0.29) is 43.1 Å². The molecule has 1 aromatic carbocycles. The normalized spacial score (nSPS) is 17.5. The summed E-state index contributed by atoms with van der Waals surface area (Å²) in [5, 5.41) is 17.4. The molecule has 0 spiro atoms. The lowest BCUT2D eigenvalue weighted by Crippen LogP contribution is -2.49. The Kier molecular flexibility index (Phi) is 11.4. The van der Waals surface area contributed by atoms with Crippen molar-refractivity contribution in [3.05, 3.63) is 34.9 Å². The first-order valence-corrected chi connectivity index (χ1v) is 9.34. The molecule has 154 valence electrons. The molecule has 9 heteroatoms. The van der Waals surface area contributed by atoms with Crippen molar-refractivity contribution in [3.8, 4) is 0 Å². The van der Waals surface area contributed by atoms with Crippen molar-refractivity contribution < 1.29 is 13.9 Å². The van der Waals surface area contributed by atoms with Gasteiger partial charge in [0.15, 0.2) is 5.96 Å². The molecule has 1 saturated heterocycles. The third kappa shape index (κ3) is 8.89. The van der Waals surface area contributed by atoms with Crippen LogP contribution in [-0.4, -0.2) is 61.2 Å². The SMILES string of the molecule is CCNC(=NCC(O)c1ccc(Cl)cc1)NC1CCN(CC(F)F)CC1.I. The van der Waals surface area contributed by atoms with Gasteiger partial charge in [0, 0.05) is 30.7 Å². The second-order valence-corrected chi connectivity index (χ2v) is 6.83. The predicted octanol–water partition coefficient (Wildman–Crippen LogP) is 3.28. The summed E-state index contributed by atoms with van der Waals surface area (Å²) in [6, 6.07) is 7.22. The van der Waals surface area contributed by atoms with Gasteiger partial charge in [-0.1, -0.05) is 23.7 Å². The number of nitrogens with zero attached hydrogens (tertiary/aromatic N) is 2. The Morgan fingerprint density at radius 1 is 1.30 bits per heavy atom. The van der Waals surface area contributed by atoms with Gasteiger partial charge in [-0.2, -0.15) is 0 Å². The predicted molar refractivity (Wildman–Crippen MR) is 116 cm³/mol. The maximum absolute atomic E-state index is 12.4. The Hall–Kier alpha value is -0.710. The monoisotopic (exact) mass is 516 g/mol. The van der Waals surface area contributed by atoms with Crippen LogP contribution >= 0.6 is 35.6 Å². The number of aliphatic hydroxyl groups is 1. The summed E-state index contributed by atoms with van der Waals surface area (Å²) in [5.74, 6) is 0.632. The van der Waals surface area contributed by atoms with Crippen LogP contribution in [-0.2, 0) is 0 Å². The lowest BCUT2D eigenvalue weighted by atomic mass is 10.1. The minimum atomic E-state index is -2.28. The number of nitrogens with one attached hydrogen (secondary N) is 2. The zero-order chi connectivity index (χ0) is 18.9. The number of likely N-dealkylation sites (tertiary alicyclic amines) is 1. The van der Waals surface area contributed by atoms with E-state index >= 15 is 0 Å². The van der Waals surface area contributed by atoms with Crippen LogP contribution in [0.5, 0.6) is 0 Å². The first-order valence-electron chi connectivity index (χ1n) is 8.96. The highest BCUT2D eigenvalue weighted by atomic mass is 127. The molecule has 2 rings (SSSR count). The molecule has 1 aromatic rings. The molecule has 1 unspecified atom stereocenters. The van der Waals surface area contributed by atoms with E-state index in [1.807, 2.05) is 6.92 Å². The van der Waals surface area contributed by atoms with Crippen LogP contribution in [0.1, 0.15) is 31.4 Å². The molecule has 0 bridgehead atoms. The summed E-state index contributed by atoms with van der Waals surface area (Å²) in [6.45, 7) is 4.03. The molecule has 0 aliphatic carbocycles. The quantitative estimate of drug-likeness (QED) is 0.296. The van der Waals surface area contributed by atoms with Crippen molar-refractivity contribution in [2.75, 3.05) is 32.7 Å². The number of rotatable bonds is 7. The molecule has 1 atom stereocenters. The first kappa shape index (κ1) is 24.3. The molecule has 5 nitrogen and oxygen atoms in total. The molecule has 1 aliphatic rings. The molecule has 0 amide bonds. The Morgan fingerprint density at radius 2 is 1.93 bits per heavy atom. The number of alkyl halides is 2. The summed E-state index contributed by atoms with van der Waals surface area (Å²) in [5.41, 5.74) is 0.759. The summed E-state index contributed by atoms with van der Waals surface area (Å²) in [7, 11) is 0. The Balaban J connectivity index is 0.00000364. The minimum absolute atomic E-state index is 0. The molecule has 1 fully saturated rings. The average molecular weight is 517 g/mol. The van der Waals surface area contributed by atoms with Gasteiger partial charge in [-0.05, 0) is 37.5 Å². The molecule has 1 heterocycles. The third-order valence-electron chi connectivity index (χ3n) is 4.35. The van der Waals surface area contributed by atoms with E-state index < -0.39 is 12.5 Å². The van der Waals surface area contributed by atoms with Crippen LogP contribution < -0.4 is 10.6 Å². The van der Waals surface area contributed by atoms with Gasteiger partial charge in [0.05, 0.1) is 19.2 Å². The molecule has 3 N–H and O–H groups in total. The van der Waals surface area contributed by atoms with E-state index in [1.54, 1.807) is 29.2 Å². The van der Waals surface area contributed by atoms with Gasteiger partial charge in [0.25, 0.3) is 6.43 Å². The number of benzene rings is 1. The summed E-state index contributed by atoms with van der Waals surface area (Å²) in [4.78, 5) is 6.24. The number of aliphatic imine (C=N–C) groups is 1. The highest BCUT2D eigenvalue weighted by Gasteiger charge is 2.22. The maximum Gasteiger partial charge on any atom is 0.251 e. The zero-order valence-corrected chi connectivity index (χ0v) is 18.5. The van der Waals surface area contributed by atoms with Crippen LogP contribution in [0.3, 0.4) is 0 Å². The molecule has 1 aliphatic heterocycles. The molecule has 0 radical (unpaired) electrons. The lowest BCUT2D eigenvalue weighted by Gasteiger charge is -2.32. The number of aliphatic hydroxyl groups excluding tert-OH is 1. The number of hydrogen-bond donors (Lipinski definition) is 3. The van der Waals surface area contributed by atoms with E-state index in [1.165, 1.54) is 0 Å². The van der Waals surface area contributed by atoms with Crippen molar-refractivity contribution >= 4 is 41.5 Å². The smallest absolute Gasteiger partial charge is 0.251 e. The van der Waals surface area contributed by atoms with E-state index in [9.17, 15) is 13.9 Å². The van der Waals surface area contributed by atoms with Gasteiger partial charge in [-0.25, -0.2) is 8.78 Å². The van der Waals surface area contributed by atoms with Crippen LogP contribution in [0, 0.1) is 0 Å². The number of halogens is 4. The standard InChI is InChI=1S/C18H27ClF2N4O.HI/c1-2-22-18(23-11-16(26)13-3-5-14(19)6-4-13)24-15-7-9-25(10-8-15)12-17(20)21;/h3-6,15-17,26H,2,7-12H2,1H3,(H2,22,23,24);1H. The molecule has 27 heavy (non-hydrogen) atoms. The molecular weight excluding hydrogens is 489 g/mol. The van der Waals surface area contributed by atoms with Crippen LogP contribution in [0.4, 0.5) is 8.78 Å². The highest BCUT2D eigenvalue weighted by molar-refractivity contribution is 14.0. The highest BCUT2D eigenvalue weighted by Crippen LogP contribution is 2.17. The molecular formula is C18H28ClF2IN4O. The van der Waals surface area contributed by atoms with Crippen molar-refractivity contribution in [1.82, 2.24) is 15.5 Å². The average Bonchev–Trinajstić information content (AvgIpc) is 2.61. The summed E-state index contributed by atoms with van der Waals surface area (Å²) >= 11 is 5.86. The number of guanidine groups is 1. The van der Waals surface area contributed by atoms with Gasteiger partial charge in [-0.3, -0.25) is 9.89 Å². The Labute approximate surface area is 181 Å². The fraction of sp³-hybridized carbons (Fsp3) is 0.611. The maximum atomic E-state index is 12.4. The van der Waals surface area contributed by atoms with Crippen molar-refractivity contribution in [3.63, 3.8) is 0 Å². The second kappa shape index (κ2) is 12.7. The third-order valence-corrected chi connectivity index (χ3v) is 4.60. The van der Waals surface area contributed by atoms with E-state index in [0.29, 0.717) is 30.6 Å². The summed E-state index contributed by atoms with van der Waals surface area (Å²) in [6.07, 6.45) is -1.42. The molecule has 0 aromatic heterocycles. The second-order valence-electron chi connectivity index (χ2n) is 6.40. The first-order chi connectivity index (χ1) is 12.5. The fourth-order valence-corrected chi connectivity index (χ4v) is 3.06. The summed E-state index contributed by atoms with van der Waals surface area (Å²) < 4.78 is 24.9. The largest absolute Gasteiger partial charge is 0.386 e. The van der Waals surface area contributed by atoms with E-state index in [0.717, 1.165) is 18.4 Å². The Bertz CT molecular complexity index is 569. The van der Waals surface area contributed by atoms with Gasteiger partial charge >= 0.3 is 0 Å². The zero-order valence-electron chi connectivity index (χ0n) is 15.4. The van der Waals surface area contributed by atoms with Gasteiger partial charge < -0.3 is 15.7 Å². The van der Waals surface area contributed by atoms with Gasteiger partial charge in [-0.15, -0.1) is 24.0 Å². The van der Waals surface area contributed by atoms with E-state index in [4.69, 9.17) is 11.6 Å². The fourth-order valence-electron chi connectivity index (χ4n) is 2.94. The van der Waals surface area contributed by atoms with Crippen molar-refractivity contribution in [2.24, 2.45) is 4.99 Å². The molecule has 0 saturated carbocycles. The number of hydrogen-bond acceptors (Lipinski definition) is 3. The van der Waals surface area contributed by atoms with Crippen LogP contribution in [0.15, 0.2) is 29.3 Å². The van der Waals surface area contributed by atoms with Crippen molar-refractivity contribution in [2.45, 2.75) is 38.3 Å². The lowest BCUT2D eigenvalue weighted by molar-refractivity contribution is 0.0744.